The third kappa shape index (κ3) is 1.81. The van der Waals surface area contributed by atoms with Gasteiger partial charge in [-0.05, 0) is 19.1 Å². The summed E-state index contributed by atoms with van der Waals surface area (Å²) in [6.45, 7) is 2.03. The Morgan fingerprint density at radius 3 is 2.43 bits per heavy atom. The van der Waals surface area contributed by atoms with E-state index in [0.29, 0.717) is 5.13 Å². The van der Waals surface area contributed by atoms with E-state index in [0.717, 1.165) is 20.6 Å². The molecule has 2 N–H and O–H groups in total. The van der Waals surface area contributed by atoms with Crippen LogP contribution in [0, 0.1) is 6.92 Å². The Morgan fingerprint density at radius 1 is 1.29 bits per heavy atom. The lowest BCUT2D eigenvalue weighted by molar-refractivity contribution is 1.38. The second-order valence-electron chi connectivity index (χ2n) is 2.96. The van der Waals surface area contributed by atoms with Gasteiger partial charge in [-0.1, -0.05) is 28.1 Å². The highest BCUT2D eigenvalue weighted by atomic mass is 79.9. The van der Waals surface area contributed by atoms with Gasteiger partial charge in [0.05, 0.1) is 5.69 Å². The molecule has 0 bridgehead atoms. The van der Waals surface area contributed by atoms with E-state index >= 15 is 0 Å². The van der Waals surface area contributed by atoms with Gasteiger partial charge in [0.2, 0.25) is 0 Å². The molecule has 0 atom stereocenters. The fourth-order valence-corrected chi connectivity index (χ4v) is 2.27. The number of nitrogen functional groups attached to an aromatic ring is 1. The van der Waals surface area contributed by atoms with Crippen molar-refractivity contribution in [3.63, 3.8) is 0 Å². The predicted molar refractivity (Wildman–Crippen MR) is 64.4 cm³/mol. The topological polar surface area (TPSA) is 38.9 Å². The average Bonchev–Trinajstić information content (AvgIpc) is 2.47. The van der Waals surface area contributed by atoms with Crippen LogP contribution in [0.25, 0.3) is 11.3 Å². The van der Waals surface area contributed by atoms with Crippen LogP contribution in [0.4, 0.5) is 5.13 Å². The third-order valence-electron chi connectivity index (χ3n) is 1.93. The molecule has 2 rings (SSSR count). The summed E-state index contributed by atoms with van der Waals surface area (Å²) < 4.78 is 1.07. The summed E-state index contributed by atoms with van der Waals surface area (Å²) in [4.78, 5) is 5.45. The quantitative estimate of drug-likeness (QED) is 0.861. The molecule has 1 aromatic heterocycles. The van der Waals surface area contributed by atoms with Gasteiger partial charge in [-0.25, -0.2) is 4.98 Å². The van der Waals surface area contributed by atoms with E-state index in [1.54, 1.807) is 0 Å². The summed E-state index contributed by atoms with van der Waals surface area (Å²) in [6, 6.07) is 8.08. The van der Waals surface area contributed by atoms with Crippen molar-refractivity contribution in [3.05, 3.63) is 33.6 Å². The molecule has 0 aliphatic carbocycles. The van der Waals surface area contributed by atoms with E-state index in [-0.39, 0.29) is 0 Å². The number of halogens is 1. The molecular formula is C10H9BrN2S. The second kappa shape index (κ2) is 3.71. The van der Waals surface area contributed by atoms with Crippen molar-refractivity contribution in [2.24, 2.45) is 0 Å². The molecule has 2 nitrogen and oxygen atoms in total. The van der Waals surface area contributed by atoms with Gasteiger partial charge >= 0.3 is 0 Å². The highest BCUT2D eigenvalue weighted by Gasteiger charge is 2.07. The lowest BCUT2D eigenvalue weighted by Crippen LogP contribution is -1.83. The van der Waals surface area contributed by atoms with Crippen molar-refractivity contribution in [2.75, 3.05) is 5.73 Å². The van der Waals surface area contributed by atoms with Crippen LogP contribution in [0.3, 0.4) is 0 Å². The van der Waals surface area contributed by atoms with Gasteiger partial charge in [0, 0.05) is 14.9 Å². The van der Waals surface area contributed by atoms with Crippen LogP contribution in [0.5, 0.6) is 0 Å². The van der Waals surface area contributed by atoms with E-state index in [1.807, 2.05) is 31.2 Å². The van der Waals surface area contributed by atoms with Crippen LogP contribution >= 0.6 is 27.3 Å². The monoisotopic (exact) mass is 268 g/mol. The van der Waals surface area contributed by atoms with Gasteiger partial charge < -0.3 is 5.73 Å². The van der Waals surface area contributed by atoms with Gasteiger partial charge in [-0.3, -0.25) is 0 Å². The number of benzene rings is 1. The summed E-state index contributed by atoms with van der Waals surface area (Å²) in [6.07, 6.45) is 0. The molecule has 4 heteroatoms. The first kappa shape index (κ1) is 9.68. The van der Waals surface area contributed by atoms with Crippen LogP contribution in [0.1, 0.15) is 4.88 Å². The zero-order valence-electron chi connectivity index (χ0n) is 7.62. The lowest BCUT2D eigenvalue weighted by Gasteiger charge is -1.97. The smallest absolute Gasteiger partial charge is 0.180 e. The Labute approximate surface area is 94.9 Å². The largest absolute Gasteiger partial charge is 0.375 e. The number of hydrogen-bond acceptors (Lipinski definition) is 3. The van der Waals surface area contributed by atoms with Crippen molar-refractivity contribution >= 4 is 32.4 Å². The van der Waals surface area contributed by atoms with E-state index in [4.69, 9.17) is 5.73 Å². The number of nitrogens with two attached hydrogens (primary N) is 1. The maximum Gasteiger partial charge on any atom is 0.180 e. The molecular weight excluding hydrogens is 260 g/mol. The van der Waals surface area contributed by atoms with Gasteiger partial charge in [0.1, 0.15) is 0 Å². The number of hydrogen-bond donors (Lipinski definition) is 1. The molecule has 1 heterocycles. The number of rotatable bonds is 1. The first-order valence-corrected chi connectivity index (χ1v) is 5.76. The van der Waals surface area contributed by atoms with E-state index in [9.17, 15) is 0 Å². The minimum Gasteiger partial charge on any atom is -0.375 e. The molecule has 0 radical (unpaired) electrons. The molecule has 0 saturated carbocycles. The average molecular weight is 269 g/mol. The van der Waals surface area contributed by atoms with Crippen molar-refractivity contribution in [2.45, 2.75) is 6.92 Å². The Morgan fingerprint density at radius 2 is 1.93 bits per heavy atom. The highest BCUT2D eigenvalue weighted by Crippen LogP contribution is 2.29. The number of aromatic nitrogens is 1. The van der Waals surface area contributed by atoms with Gasteiger partial charge in [0.15, 0.2) is 5.13 Å². The normalized spacial score (nSPS) is 10.4. The third-order valence-corrected chi connectivity index (χ3v) is 3.26. The van der Waals surface area contributed by atoms with Crippen molar-refractivity contribution < 1.29 is 0 Å². The molecule has 0 saturated heterocycles. The minimum absolute atomic E-state index is 0.625. The minimum atomic E-state index is 0.625. The van der Waals surface area contributed by atoms with E-state index < -0.39 is 0 Å². The van der Waals surface area contributed by atoms with Gasteiger partial charge in [-0.2, -0.15) is 0 Å². The molecule has 0 fully saturated rings. The lowest BCUT2D eigenvalue weighted by atomic mass is 10.1. The summed E-state index contributed by atoms with van der Waals surface area (Å²) in [5, 5.41) is 0.625. The molecule has 0 unspecified atom stereocenters. The first-order valence-electron chi connectivity index (χ1n) is 4.15. The van der Waals surface area contributed by atoms with Crippen molar-refractivity contribution in [1.82, 2.24) is 4.98 Å². The Balaban J connectivity index is 2.49. The maximum absolute atomic E-state index is 5.64. The molecule has 0 aliphatic rings. The summed E-state index contributed by atoms with van der Waals surface area (Å²) in [5.74, 6) is 0. The number of nitrogens with zero attached hydrogens (tertiary/aromatic N) is 1. The van der Waals surface area contributed by atoms with Crippen LogP contribution < -0.4 is 5.73 Å². The van der Waals surface area contributed by atoms with E-state index in [1.165, 1.54) is 11.3 Å². The molecule has 1 aromatic carbocycles. The summed E-state index contributed by atoms with van der Waals surface area (Å²) in [7, 11) is 0. The Kier molecular flexibility index (Phi) is 2.56. The standard InChI is InChI=1S/C10H9BrN2S/c1-6-9(13-10(12)14-6)7-2-4-8(11)5-3-7/h2-5H,1H3,(H2,12,13). The predicted octanol–water partition coefficient (Wildman–Crippen LogP) is 3.46. The van der Waals surface area contributed by atoms with Crippen molar-refractivity contribution in [3.8, 4) is 11.3 Å². The van der Waals surface area contributed by atoms with Crippen LogP contribution in [-0.4, -0.2) is 4.98 Å². The molecule has 0 spiro atoms. The van der Waals surface area contributed by atoms with Crippen molar-refractivity contribution in [1.29, 1.82) is 0 Å². The second-order valence-corrected chi connectivity index (χ2v) is 5.11. The fraction of sp³-hybridized carbons (Fsp3) is 0.100. The Bertz CT molecular complexity index is 448. The van der Waals surface area contributed by atoms with Crippen LogP contribution in [0.2, 0.25) is 0 Å². The number of thiazole rings is 1. The van der Waals surface area contributed by atoms with Crippen LogP contribution in [-0.2, 0) is 0 Å². The zero-order valence-corrected chi connectivity index (χ0v) is 10.0. The highest BCUT2D eigenvalue weighted by molar-refractivity contribution is 9.10. The summed E-state index contributed by atoms with van der Waals surface area (Å²) in [5.41, 5.74) is 7.74. The maximum atomic E-state index is 5.64. The fourth-order valence-electron chi connectivity index (χ4n) is 1.29. The zero-order chi connectivity index (χ0) is 10.1. The van der Waals surface area contributed by atoms with Gasteiger partial charge in [0.25, 0.3) is 0 Å². The summed E-state index contributed by atoms with van der Waals surface area (Å²) >= 11 is 4.92. The van der Waals surface area contributed by atoms with Crippen LogP contribution in [0.15, 0.2) is 28.7 Å². The van der Waals surface area contributed by atoms with Gasteiger partial charge in [-0.15, -0.1) is 11.3 Å². The molecule has 0 aliphatic heterocycles. The SMILES string of the molecule is Cc1sc(N)nc1-c1ccc(Br)cc1. The first-order chi connectivity index (χ1) is 6.66. The Hall–Kier alpha value is -0.870. The van der Waals surface area contributed by atoms with E-state index in [2.05, 4.69) is 20.9 Å². The molecule has 72 valence electrons. The number of aryl methyl sites for hydroxylation is 1. The molecule has 0 amide bonds. The molecule has 2 aromatic rings. The number of anilines is 1. The molecule has 14 heavy (non-hydrogen) atoms.